The van der Waals surface area contributed by atoms with Crippen LogP contribution >= 0.6 is 16.1 Å². The molecular formula is C55H46OP2. The topological polar surface area (TPSA) is 9.23 Å². The molecule has 0 amide bonds. The second kappa shape index (κ2) is 18.9. The van der Waals surface area contributed by atoms with Crippen LogP contribution in [0.15, 0.2) is 231 Å². The first-order valence-electron chi connectivity index (χ1n) is 19.8. The molecule has 7 aromatic rings. The van der Waals surface area contributed by atoms with E-state index in [1.54, 1.807) is 0 Å². The third-order valence-electron chi connectivity index (χ3n) is 10.4. The fourth-order valence-electron chi connectivity index (χ4n) is 7.41. The number of allylic oxidation sites excluding steroid dienone is 8. The largest absolute Gasteiger partial charge is 0.464 e. The van der Waals surface area contributed by atoms with Gasteiger partial charge in [-0.05, 0) is 93.7 Å². The van der Waals surface area contributed by atoms with Gasteiger partial charge in [0.25, 0.3) is 0 Å². The minimum atomic E-state index is -1.16. The lowest BCUT2D eigenvalue weighted by Crippen LogP contribution is -2.17. The van der Waals surface area contributed by atoms with Gasteiger partial charge in [0.05, 0.1) is 0 Å². The SMILES string of the molecule is C=C/C=C\C=C/P(c1ccccc1)c1cc(OP(c2ccccc2)c2ccccc2)cc(C(/C=C\C(=C)c2ccc3c(c2)CCC=C3)c2ccc3ccccc3c2)c1. The second-order valence-corrected chi connectivity index (χ2v) is 18.2. The van der Waals surface area contributed by atoms with E-state index >= 15 is 0 Å². The third-order valence-corrected chi connectivity index (χ3v) is 14.4. The lowest BCUT2D eigenvalue weighted by atomic mass is 9.88. The first-order valence-corrected chi connectivity index (χ1v) is 22.5. The minimum absolute atomic E-state index is 0.0823. The highest BCUT2D eigenvalue weighted by atomic mass is 31.1. The summed E-state index contributed by atoms with van der Waals surface area (Å²) in [5, 5.41) is 7.25. The van der Waals surface area contributed by atoms with Gasteiger partial charge in [-0.2, -0.15) is 0 Å². The van der Waals surface area contributed by atoms with E-state index in [1.165, 1.54) is 48.7 Å². The van der Waals surface area contributed by atoms with Crippen molar-refractivity contribution in [2.24, 2.45) is 0 Å². The summed E-state index contributed by atoms with van der Waals surface area (Å²) in [4.78, 5) is 0. The van der Waals surface area contributed by atoms with Crippen LogP contribution in [-0.2, 0) is 6.42 Å². The predicted octanol–water partition coefficient (Wildman–Crippen LogP) is 13.3. The Bertz CT molecular complexity index is 2600. The fourth-order valence-corrected chi connectivity index (χ4v) is 11.1. The molecule has 282 valence electrons. The number of hydrogen-bond acceptors (Lipinski definition) is 1. The zero-order valence-corrected chi connectivity index (χ0v) is 34.4. The van der Waals surface area contributed by atoms with Crippen LogP contribution in [0.3, 0.4) is 0 Å². The average Bonchev–Trinajstić information content (AvgIpc) is 3.29. The molecule has 1 aliphatic rings. The Morgan fingerprint density at radius 3 is 2.02 bits per heavy atom. The Labute approximate surface area is 346 Å². The molecule has 58 heavy (non-hydrogen) atoms. The van der Waals surface area contributed by atoms with Gasteiger partial charge in [0.15, 0.2) is 8.15 Å². The molecule has 2 atom stereocenters. The van der Waals surface area contributed by atoms with Crippen molar-refractivity contribution in [3.05, 3.63) is 259 Å². The highest BCUT2D eigenvalue weighted by Crippen LogP contribution is 2.43. The molecule has 0 heterocycles. The van der Waals surface area contributed by atoms with E-state index in [-0.39, 0.29) is 5.92 Å². The fraction of sp³-hybridized carbons (Fsp3) is 0.0545. The molecule has 0 radical (unpaired) electrons. The van der Waals surface area contributed by atoms with Crippen molar-refractivity contribution in [1.29, 1.82) is 0 Å². The van der Waals surface area contributed by atoms with Gasteiger partial charge in [-0.15, -0.1) is 0 Å². The lowest BCUT2D eigenvalue weighted by molar-refractivity contribution is 0.629. The average molecular weight is 785 g/mol. The molecule has 0 aromatic heterocycles. The molecule has 1 aliphatic carbocycles. The first-order chi connectivity index (χ1) is 28.6. The summed E-state index contributed by atoms with van der Waals surface area (Å²) in [6, 6.07) is 61.2. The first kappa shape index (κ1) is 38.8. The van der Waals surface area contributed by atoms with Crippen LogP contribution in [0.2, 0.25) is 0 Å². The molecule has 8 rings (SSSR count). The highest BCUT2D eigenvalue weighted by molar-refractivity contribution is 7.75. The maximum Gasteiger partial charge on any atom is 0.150 e. The second-order valence-electron chi connectivity index (χ2n) is 14.3. The molecule has 0 saturated heterocycles. The maximum absolute atomic E-state index is 7.28. The summed E-state index contributed by atoms with van der Waals surface area (Å²) in [6.07, 6.45) is 19.2. The van der Waals surface area contributed by atoms with Crippen molar-refractivity contribution in [2.45, 2.75) is 18.8 Å². The number of rotatable bonds is 14. The van der Waals surface area contributed by atoms with Crippen LogP contribution in [0.1, 0.15) is 40.2 Å². The summed E-state index contributed by atoms with van der Waals surface area (Å²) in [5.41, 5.74) is 7.21. The molecule has 0 fully saturated rings. The van der Waals surface area contributed by atoms with E-state index in [0.29, 0.717) is 0 Å². The molecular weight excluding hydrogens is 739 g/mol. The van der Waals surface area contributed by atoms with Crippen molar-refractivity contribution in [1.82, 2.24) is 0 Å². The Morgan fingerprint density at radius 1 is 0.603 bits per heavy atom. The van der Waals surface area contributed by atoms with Crippen LogP contribution in [0.25, 0.3) is 22.4 Å². The Kier molecular flexibility index (Phi) is 12.6. The van der Waals surface area contributed by atoms with Crippen LogP contribution in [0.4, 0.5) is 0 Å². The lowest BCUT2D eigenvalue weighted by Gasteiger charge is -2.24. The van der Waals surface area contributed by atoms with E-state index in [2.05, 4.69) is 225 Å². The molecule has 0 spiro atoms. The molecule has 7 aromatic carbocycles. The van der Waals surface area contributed by atoms with Gasteiger partial charge in [-0.1, -0.05) is 219 Å². The number of hydrogen-bond donors (Lipinski definition) is 0. The maximum atomic E-state index is 7.28. The van der Waals surface area contributed by atoms with Crippen LogP contribution in [0, 0.1) is 0 Å². The number of fused-ring (bicyclic) bond motifs is 2. The van der Waals surface area contributed by atoms with E-state index in [9.17, 15) is 0 Å². The Morgan fingerprint density at radius 2 is 1.29 bits per heavy atom. The molecule has 2 unspecified atom stereocenters. The van der Waals surface area contributed by atoms with E-state index in [1.807, 2.05) is 12.2 Å². The van der Waals surface area contributed by atoms with Gasteiger partial charge in [0.2, 0.25) is 0 Å². The Balaban J connectivity index is 1.29. The van der Waals surface area contributed by atoms with Gasteiger partial charge in [-0.25, -0.2) is 0 Å². The third kappa shape index (κ3) is 9.36. The highest BCUT2D eigenvalue weighted by Gasteiger charge is 2.22. The summed E-state index contributed by atoms with van der Waals surface area (Å²) >= 11 is 0. The van der Waals surface area contributed by atoms with Crippen LogP contribution in [0.5, 0.6) is 5.75 Å². The van der Waals surface area contributed by atoms with Gasteiger partial charge in [-0.3, -0.25) is 0 Å². The molecule has 0 N–H and O–H groups in total. The zero-order valence-electron chi connectivity index (χ0n) is 32.6. The van der Waals surface area contributed by atoms with Gasteiger partial charge in [0.1, 0.15) is 5.75 Å². The normalized spacial score (nSPS) is 13.6. The standard InChI is InChI=1S/C55H46OP2/c1-3-4-5-19-36-57(51-24-9-6-10-25-51)54-40-49(39-50(41-54)56-58(52-26-11-7-12-27-52)53-28-13-8-14-29-53)55(48-34-32-44-21-16-18-23-47(44)38-48)35-30-42(2)45-33-31-43-20-15-17-22-46(43)37-45/h3-16,18-21,23-41,55H,1-2,17,22H2/b5-4-,35-30-,36-19-. The molecule has 0 aliphatic heterocycles. The van der Waals surface area contributed by atoms with Crippen molar-refractivity contribution < 1.29 is 4.52 Å². The summed E-state index contributed by atoms with van der Waals surface area (Å²) < 4.78 is 7.28. The van der Waals surface area contributed by atoms with Crippen LogP contribution in [-0.4, -0.2) is 0 Å². The van der Waals surface area contributed by atoms with Crippen LogP contribution < -0.4 is 25.7 Å². The smallest absolute Gasteiger partial charge is 0.150 e. The van der Waals surface area contributed by atoms with Gasteiger partial charge >= 0.3 is 0 Å². The van der Waals surface area contributed by atoms with Crippen molar-refractivity contribution in [2.75, 3.05) is 0 Å². The summed E-state index contributed by atoms with van der Waals surface area (Å²) in [5.74, 6) is 3.10. The zero-order chi connectivity index (χ0) is 39.5. The number of aryl methyl sites for hydroxylation is 1. The molecule has 0 saturated carbocycles. The van der Waals surface area contributed by atoms with Crippen molar-refractivity contribution in [3.63, 3.8) is 0 Å². The molecule has 3 heteroatoms. The molecule has 1 nitrogen and oxygen atoms in total. The monoisotopic (exact) mass is 784 g/mol. The Hall–Kier alpha value is -6.10. The quantitative estimate of drug-likeness (QED) is 0.0788. The van der Waals surface area contributed by atoms with Gasteiger partial charge < -0.3 is 4.52 Å². The van der Waals surface area contributed by atoms with E-state index in [0.717, 1.165) is 35.3 Å². The minimum Gasteiger partial charge on any atom is -0.464 e. The summed E-state index contributed by atoms with van der Waals surface area (Å²) in [7, 11) is -2.07. The van der Waals surface area contributed by atoms with E-state index < -0.39 is 16.1 Å². The van der Waals surface area contributed by atoms with Crippen molar-refractivity contribution in [3.8, 4) is 5.75 Å². The van der Waals surface area contributed by atoms with Crippen molar-refractivity contribution >= 4 is 59.7 Å². The van der Waals surface area contributed by atoms with Gasteiger partial charge in [0, 0.05) is 16.5 Å². The molecule has 0 bridgehead atoms. The summed E-state index contributed by atoms with van der Waals surface area (Å²) in [6.45, 7) is 8.48. The predicted molar refractivity (Wildman–Crippen MR) is 255 cm³/mol. The van der Waals surface area contributed by atoms with E-state index in [4.69, 9.17) is 4.52 Å². The number of benzene rings is 7.